The van der Waals surface area contributed by atoms with Gasteiger partial charge in [0.2, 0.25) is 11.7 Å². The largest absolute Gasteiger partial charge is 0.449 e. The minimum absolute atomic E-state index is 0.0708. The third kappa shape index (κ3) is 5.35. The molecule has 8 heteroatoms. The highest BCUT2D eigenvalue weighted by Gasteiger charge is 2.37. The lowest BCUT2D eigenvalue weighted by molar-refractivity contribution is -0.147. The number of benzene rings is 2. The van der Waals surface area contributed by atoms with Crippen LogP contribution in [-0.4, -0.2) is 28.6 Å². The van der Waals surface area contributed by atoms with E-state index in [1.165, 1.54) is 12.1 Å². The van der Waals surface area contributed by atoms with Crippen molar-refractivity contribution >= 4 is 16.9 Å². The van der Waals surface area contributed by atoms with Crippen LogP contribution in [-0.2, 0) is 22.3 Å². The molecule has 0 aliphatic rings. The number of halogens is 3. The van der Waals surface area contributed by atoms with E-state index in [2.05, 4.69) is 10.3 Å². The van der Waals surface area contributed by atoms with Crippen molar-refractivity contribution in [3.8, 4) is 0 Å². The Balaban J connectivity index is 1.51. The predicted octanol–water partition coefficient (Wildman–Crippen LogP) is 4.34. The lowest BCUT2D eigenvalue weighted by Gasteiger charge is -2.14. The van der Waals surface area contributed by atoms with Crippen LogP contribution in [0.5, 0.6) is 0 Å². The highest BCUT2D eigenvalue weighted by molar-refractivity contribution is 5.81. The Morgan fingerprint density at radius 2 is 1.83 bits per heavy atom. The molecule has 1 unspecified atom stereocenters. The monoisotopic (exact) mass is 405 g/mol. The summed E-state index contributed by atoms with van der Waals surface area (Å²) in [6, 6.07) is 16.0. The van der Waals surface area contributed by atoms with Crippen molar-refractivity contribution in [1.29, 1.82) is 0 Å². The quantitative estimate of drug-likeness (QED) is 0.568. The first-order valence-electron chi connectivity index (χ1n) is 9.32. The summed E-state index contributed by atoms with van der Waals surface area (Å²) in [6.07, 6.45) is -4.15. The summed E-state index contributed by atoms with van der Waals surface area (Å²) in [5, 5.41) is 2.64. The number of hydrogen-bond donors (Lipinski definition) is 1. The maximum Gasteiger partial charge on any atom is 0.449 e. The first-order chi connectivity index (χ1) is 13.9. The Hall–Kier alpha value is -2.87. The second kappa shape index (κ2) is 9.09. The van der Waals surface area contributed by atoms with Gasteiger partial charge in [0.1, 0.15) is 6.54 Å². The molecule has 1 amide bonds. The van der Waals surface area contributed by atoms with Crippen molar-refractivity contribution in [3.63, 3.8) is 0 Å². The highest BCUT2D eigenvalue weighted by atomic mass is 19.4. The van der Waals surface area contributed by atoms with Crippen molar-refractivity contribution in [1.82, 2.24) is 14.9 Å². The van der Waals surface area contributed by atoms with Crippen LogP contribution in [0, 0.1) is 0 Å². The minimum Gasteiger partial charge on any atom is -0.374 e. The number of nitrogens with zero attached hydrogens (tertiary/aromatic N) is 2. The topological polar surface area (TPSA) is 56.1 Å². The Bertz CT molecular complexity index is 955. The van der Waals surface area contributed by atoms with E-state index in [-0.39, 0.29) is 17.1 Å². The molecule has 1 N–H and O–H groups in total. The van der Waals surface area contributed by atoms with Gasteiger partial charge in [-0.15, -0.1) is 0 Å². The minimum atomic E-state index is -4.64. The number of fused-ring (bicyclic) bond motifs is 1. The van der Waals surface area contributed by atoms with Crippen LogP contribution in [0.4, 0.5) is 13.2 Å². The van der Waals surface area contributed by atoms with Crippen LogP contribution >= 0.6 is 0 Å². The molecule has 1 heterocycles. The summed E-state index contributed by atoms with van der Waals surface area (Å²) in [4.78, 5) is 15.8. The number of hydrogen-bond acceptors (Lipinski definition) is 3. The van der Waals surface area contributed by atoms with E-state index in [0.29, 0.717) is 19.6 Å². The Kier molecular flexibility index (Phi) is 6.53. The van der Waals surface area contributed by atoms with Crippen molar-refractivity contribution in [2.45, 2.75) is 32.2 Å². The molecule has 0 fully saturated rings. The van der Waals surface area contributed by atoms with E-state index in [0.717, 1.165) is 10.1 Å². The molecule has 5 nitrogen and oxygen atoms in total. The van der Waals surface area contributed by atoms with E-state index in [4.69, 9.17) is 4.74 Å². The Morgan fingerprint density at radius 1 is 1.14 bits per heavy atom. The first-order valence-corrected chi connectivity index (χ1v) is 9.32. The van der Waals surface area contributed by atoms with E-state index in [9.17, 15) is 18.0 Å². The number of para-hydroxylation sites is 2. The fraction of sp³-hybridized carbons (Fsp3) is 0.333. The number of aromatic nitrogens is 2. The molecule has 0 bridgehead atoms. The molecule has 1 atom stereocenters. The number of imidazole rings is 1. The molecule has 154 valence electrons. The third-order valence-corrected chi connectivity index (χ3v) is 4.49. The highest BCUT2D eigenvalue weighted by Crippen LogP contribution is 2.31. The fourth-order valence-corrected chi connectivity index (χ4v) is 3.03. The average molecular weight is 405 g/mol. The number of rotatable bonds is 8. The maximum atomic E-state index is 13.3. The molecule has 0 spiro atoms. The summed E-state index contributed by atoms with van der Waals surface area (Å²) in [5.41, 5.74) is 1.54. The molecular formula is C21H22F3N3O2. The first kappa shape index (κ1) is 20.9. The molecule has 0 saturated heterocycles. The van der Waals surface area contributed by atoms with Crippen LogP contribution in [0.1, 0.15) is 30.8 Å². The van der Waals surface area contributed by atoms with E-state index in [1.54, 1.807) is 12.1 Å². The van der Waals surface area contributed by atoms with E-state index < -0.39 is 24.5 Å². The predicted molar refractivity (Wildman–Crippen MR) is 103 cm³/mol. The molecule has 0 saturated carbocycles. The molecule has 0 aliphatic carbocycles. The zero-order chi connectivity index (χ0) is 20.9. The van der Waals surface area contributed by atoms with Crippen LogP contribution < -0.4 is 5.32 Å². The Morgan fingerprint density at radius 3 is 2.55 bits per heavy atom. The van der Waals surface area contributed by atoms with Gasteiger partial charge in [-0.3, -0.25) is 4.79 Å². The van der Waals surface area contributed by atoms with E-state index in [1.807, 2.05) is 37.3 Å². The van der Waals surface area contributed by atoms with Crippen LogP contribution in [0.25, 0.3) is 11.0 Å². The van der Waals surface area contributed by atoms with Gasteiger partial charge in [0.15, 0.2) is 0 Å². The third-order valence-electron chi connectivity index (χ3n) is 4.49. The van der Waals surface area contributed by atoms with Crippen molar-refractivity contribution in [2.24, 2.45) is 0 Å². The van der Waals surface area contributed by atoms with Gasteiger partial charge in [0.25, 0.3) is 0 Å². The standard InChI is InChI=1S/C21H22F3N3O2/c1-15(16-8-3-2-4-9-16)29-13-7-12-25-19(28)14-27-18-11-6-5-10-17(18)26-20(27)21(22,23)24/h2-6,8-11,15H,7,12-14H2,1H3,(H,25,28). The normalized spacial score (nSPS) is 12.8. The second-order valence-corrected chi connectivity index (χ2v) is 6.64. The fourth-order valence-electron chi connectivity index (χ4n) is 3.03. The summed E-state index contributed by atoms with van der Waals surface area (Å²) < 4.78 is 46.4. The van der Waals surface area contributed by atoms with Crippen LogP contribution in [0.3, 0.4) is 0 Å². The molecule has 1 aromatic heterocycles. The summed E-state index contributed by atoms with van der Waals surface area (Å²) in [7, 11) is 0. The molecule has 29 heavy (non-hydrogen) atoms. The van der Waals surface area contributed by atoms with Gasteiger partial charge in [0, 0.05) is 13.2 Å². The van der Waals surface area contributed by atoms with Gasteiger partial charge < -0.3 is 14.6 Å². The van der Waals surface area contributed by atoms with Gasteiger partial charge in [-0.1, -0.05) is 42.5 Å². The SMILES string of the molecule is CC(OCCCNC(=O)Cn1c(C(F)(F)F)nc2ccccc21)c1ccccc1. The molecule has 0 radical (unpaired) electrons. The van der Waals surface area contributed by atoms with Crippen LogP contribution in [0.2, 0.25) is 0 Å². The zero-order valence-electron chi connectivity index (χ0n) is 15.9. The van der Waals surface area contributed by atoms with Gasteiger partial charge in [-0.25, -0.2) is 4.98 Å². The molecule has 2 aromatic carbocycles. The molecule has 0 aliphatic heterocycles. The van der Waals surface area contributed by atoms with Crippen molar-refractivity contribution in [3.05, 3.63) is 66.0 Å². The lowest BCUT2D eigenvalue weighted by atomic mass is 10.1. The second-order valence-electron chi connectivity index (χ2n) is 6.64. The van der Waals surface area contributed by atoms with E-state index >= 15 is 0 Å². The van der Waals surface area contributed by atoms with Crippen molar-refractivity contribution < 1.29 is 22.7 Å². The average Bonchev–Trinajstić information content (AvgIpc) is 3.07. The Labute approximate surface area is 166 Å². The maximum absolute atomic E-state index is 13.3. The van der Waals surface area contributed by atoms with Gasteiger partial charge in [-0.05, 0) is 31.0 Å². The smallest absolute Gasteiger partial charge is 0.374 e. The van der Waals surface area contributed by atoms with Crippen LogP contribution in [0.15, 0.2) is 54.6 Å². The van der Waals surface area contributed by atoms with Gasteiger partial charge in [0.05, 0.1) is 17.1 Å². The number of ether oxygens (including phenoxy) is 1. The molecule has 3 rings (SSSR count). The molecule has 3 aromatic rings. The summed E-state index contributed by atoms with van der Waals surface area (Å²) in [5.74, 6) is -1.58. The van der Waals surface area contributed by atoms with Gasteiger partial charge in [-0.2, -0.15) is 13.2 Å². The lowest BCUT2D eigenvalue weighted by Crippen LogP contribution is -2.30. The number of amides is 1. The number of nitrogens with one attached hydrogen (secondary N) is 1. The van der Waals surface area contributed by atoms with Gasteiger partial charge >= 0.3 is 6.18 Å². The number of alkyl halides is 3. The summed E-state index contributed by atoms with van der Waals surface area (Å²) in [6.45, 7) is 2.24. The zero-order valence-corrected chi connectivity index (χ0v) is 15.9. The van der Waals surface area contributed by atoms with Crippen molar-refractivity contribution in [2.75, 3.05) is 13.2 Å². The molecular weight excluding hydrogens is 383 g/mol. The number of carbonyl (C=O) groups excluding carboxylic acids is 1. The summed E-state index contributed by atoms with van der Waals surface area (Å²) >= 11 is 0. The number of carbonyl (C=O) groups is 1.